The Morgan fingerprint density at radius 3 is 2.58 bits per heavy atom. The first kappa shape index (κ1) is 26.2. The Kier molecular flexibility index (Phi) is 6.96. The first-order valence-corrected chi connectivity index (χ1v) is 13.0. The second-order valence-corrected chi connectivity index (χ2v) is 10.6. The topological polar surface area (TPSA) is 89.5 Å². The van der Waals surface area contributed by atoms with Gasteiger partial charge in [0.1, 0.15) is 40.3 Å². The van der Waals surface area contributed by atoms with Gasteiger partial charge in [-0.05, 0) is 39.1 Å². The minimum atomic E-state index is -0.694. The molecule has 2 unspecified atom stereocenters. The Labute approximate surface area is 226 Å². The van der Waals surface area contributed by atoms with Gasteiger partial charge in [-0.25, -0.2) is 9.37 Å². The van der Waals surface area contributed by atoms with Gasteiger partial charge in [0.05, 0.1) is 11.6 Å². The van der Waals surface area contributed by atoms with E-state index in [0.717, 1.165) is 13.1 Å². The number of carbonyl (C=O) groups is 2. The first-order chi connectivity index (χ1) is 18.1. The molecule has 202 valence electrons. The van der Waals surface area contributed by atoms with E-state index in [1.165, 1.54) is 24.3 Å². The van der Waals surface area contributed by atoms with Crippen LogP contribution in [-0.4, -0.2) is 101 Å². The second-order valence-electron chi connectivity index (χ2n) is 10.2. The number of halogens is 2. The molecule has 3 aliphatic rings. The van der Waals surface area contributed by atoms with Crippen LogP contribution in [0.2, 0.25) is 5.02 Å². The minimum absolute atomic E-state index is 0.00507. The molecule has 2 aromatic rings. The fraction of sp³-hybridized carbons (Fsp3) is 0.444. The van der Waals surface area contributed by atoms with E-state index in [1.807, 2.05) is 20.9 Å². The van der Waals surface area contributed by atoms with E-state index in [-0.39, 0.29) is 70.4 Å². The predicted octanol–water partition coefficient (Wildman–Crippen LogP) is 3.01. The molecule has 0 spiro atoms. The Hall–Kier alpha value is -3.37. The summed E-state index contributed by atoms with van der Waals surface area (Å²) in [6.45, 7) is 10.1. The van der Waals surface area contributed by atoms with Crippen molar-refractivity contribution < 1.29 is 23.8 Å². The number of amides is 2. The number of likely N-dealkylation sites (N-methyl/N-ethyl adjacent to an activating group) is 1. The summed E-state index contributed by atoms with van der Waals surface area (Å²) in [4.78, 5) is 38.8. The third-order valence-corrected chi connectivity index (χ3v) is 7.86. The highest BCUT2D eigenvalue weighted by molar-refractivity contribution is 6.35. The van der Waals surface area contributed by atoms with Gasteiger partial charge in [0.2, 0.25) is 5.91 Å². The number of fused-ring (bicyclic) bond motifs is 2. The van der Waals surface area contributed by atoms with Crippen molar-refractivity contribution >= 4 is 29.2 Å². The van der Waals surface area contributed by atoms with Gasteiger partial charge < -0.3 is 29.4 Å². The number of hydrogen-bond donors (Lipinski definition) is 1. The van der Waals surface area contributed by atoms with Crippen LogP contribution in [0, 0.1) is 5.82 Å². The second kappa shape index (κ2) is 10.1. The van der Waals surface area contributed by atoms with Crippen molar-refractivity contribution in [2.24, 2.45) is 0 Å². The molecule has 0 bridgehead atoms. The van der Waals surface area contributed by atoms with Crippen molar-refractivity contribution in [1.82, 2.24) is 19.7 Å². The van der Waals surface area contributed by atoms with Gasteiger partial charge in [0.25, 0.3) is 5.91 Å². The van der Waals surface area contributed by atoms with Crippen LogP contribution < -0.4 is 9.64 Å². The summed E-state index contributed by atoms with van der Waals surface area (Å²) < 4.78 is 21.2. The molecule has 1 aromatic heterocycles. The molecule has 1 N–H and O–H groups in total. The first-order valence-electron chi connectivity index (χ1n) is 12.7. The van der Waals surface area contributed by atoms with E-state index in [0.29, 0.717) is 18.9 Å². The van der Waals surface area contributed by atoms with Gasteiger partial charge in [0.15, 0.2) is 5.75 Å². The molecule has 9 nitrogen and oxygen atoms in total. The lowest BCUT2D eigenvalue weighted by Crippen LogP contribution is -2.58. The number of hydrogen-bond acceptors (Lipinski definition) is 7. The van der Waals surface area contributed by atoms with Crippen LogP contribution in [0.3, 0.4) is 0 Å². The SMILES string of the molecule is C=CC(=O)N1CCN2C(=O)c3c(N4C(C)CN(C)CC4C)nc(-c4c(O)cccc4F)c(Cl)c3OC[C@H]2C1. The molecule has 0 saturated carbocycles. The van der Waals surface area contributed by atoms with Gasteiger partial charge in [-0.2, -0.15) is 0 Å². The molecule has 11 heteroatoms. The highest BCUT2D eigenvalue weighted by Crippen LogP contribution is 2.46. The number of aromatic hydroxyl groups is 1. The number of nitrogens with zero attached hydrogens (tertiary/aromatic N) is 5. The fourth-order valence-electron chi connectivity index (χ4n) is 5.88. The van der Waals surface area contributed by atoms with Gasteiger partial charge >= 0.3 is 0 Å². The fourth-order valence-corrected chi connectivity index (χ4v) is 6.17. The predicted molar refractivity (Wildman–Crippen MR) is 142 cm³/mol. The molecule has 38 heavy (non-hydrogen) atoms. The van der Waals surface area contributed by atoms with E-state index in [2.05, 4.69) is 16.4 Å². The number of anilines is 1. The van der Waals surface area contributed by atoms with Crippen LogP contribution in [0.1, 0.15) is 24.2 Å². The number of carbonyl (C=O) groups excluding carboxylic acids is 2. The summed E-state index contributed by atoms with van der Waals surface area (Å²) >= 11 is 6.81. The van der Waals surface area contributed by atoms with Gasteiger partial charge in [0, 0.05) is 44.8 Å². The third kappa shape index (κ3) is 4.35. The van der Waals surface area contributed by atoms with E-state index < -0.39 is 11.9 Å². The summed E-state index contributed by atoms with van der Waals surface area (Å²) in [6.07, 6.45) is 1.26. The van der Waals surface area contributed by atoms with Crippen LogP contribution in [0.4, 0.5) is 10.2 Å². The number of piperazine rings is 2. The Balaban J connectivity index is 1.69. The summed E-state index contributed by atoms with van der Waals surface area (Å²) in [5.41, 5.74) is 0.0612. The molecule has 1 aromatic carbocycles. The normalized spacial score (nSPS) is 23.9. The molecule has 5 rings (SSSR count). The average molecular weight is 544 g/mol. The van der Waals surface area contributed by atoms with Crippen molar-refractivity contribution in [1.29, 1.82) is 0 Å². The summed E-state index contributed by atoms with van der Waals surface area (Å²) in [5, 5.41) is 10.5. The molecule has 0 radical (unpaired) electrons. The Bertz CT molecular complexity index is 1270. The van der Waals surface area contributed by atoms with Crippen LogP contribution in [0.15, 0.2) is 30.9 Å². The van der Waals surface area contributed by atoms with Crippen molar-refractivity contribution in [2.45, 2.75) is 32.0 Å². The zero-order chi connectivity index (χ0) is 27.3. The molecule has 4 heterocycles. The van der Waals surface area contributed by atoms with E-state index in [4.69, 9.17) is 21.3 Å². The van der Waals surface area contributed by atoms with E-state index >= 15 is 4.39 Å². The zero-order valence-corrected chi connectivity index (χ0v) is 22.4. The molecule has 0 aliphatic carbocycles. The zero-order valence-electron chi connectivity index (χ0n) is 21.7. The van der Waals surface area contributed by atoms with Crippen molar-refractivity contribution in [3.63, 3.8) is 0 Å². The standard InChI is InChI=1S/C27H31ClFN5O4/c1-5-20(36)32-9-10-33-17(13-32)14-38-25-22(27(33)37)26(34-15(2)11-31(4)12-16(34)3)30-24(23(25)28)21-18(29)7-6-8-19(21)35/h5-8,15-17,35H,1,9-14H2,2-4H3/t15?,16?,17-/m1/s1. The molecule has 3 atom stereocenters. The Morgan fingerprint density at radius 2 is 1.92 bits per heavy atom. The maximum absolute atomic E-state index is 15.0. The summed E-state index contributed by atoms with van der Waals surface area (Å²) in [5.74, 6) is -1.09. The maximum atomic E-state index is 15.0. The lowest BCUT2D eigenvalue weighted by Gasteiger charge is -2.45. The Morgan fingerprint density at radius 1 is 1.21 bits per heavy atom. The third-order valence-electron chi connectivity index (χ3n) is 7.51. The molecule has 2 saturated heterocycles. The highest BCUT2D eigenvalue weighted by atomic mass is 35.5. The van der Waals surface area contributed by atoms with E-state index in [1.54, 1.807) is 9.80 Å². The average Bonchev–Trinajstić information content (AvgIpc) is 3.01. The number of ether oxygens (including phenoxy) is 1. The van der Waals surface area contributed by atoms with Crippen molar-refractivity contribution in [3.05, 3.63) is 47.3 Å². The summed E-state index contributed by atoms with van der Waals surface area (Å²) in [6, 6.07) is 3.50. The number of benzene rings is 1. The van der Waals surface area contributed by atoms with Gasteiger partial charge in [-0.1, -0.05) is 24.2 Å². The molecular formula is C27H31ClFN5O4. The van der Waals surface area contributed by atoms with Crippen molar-refractivity contribution in [2.75, 3.05) is 51.3 Å². The molecule has 3 aliphatic heterocycles. The van der Waals surface area contributed by atoms with E-state index in [9.17, 15) is 14.7 Å². The monoisotopic (exact) mass is 543 g/mol. The highest BCUT2D eigenvalue weighted by Gasteiger charge is 2.42. The molecule has 2 fully saturated rings. The molecule has 2 amide bonds. The van der Waals surface area contributed by atoms with Gasteiger partial charge in [-0.15, -0.1) is 0 Å². The summed E-state index contributed by atoms with van der Waals surface area (Å²) in [7, 11) is 2.03. The number of rotatable bonds is 3. The van der Waals surface area contributed by atoms with Crippen molar-refractivity contribution in [3.8, 4) is 22.8 Å². The quantitative estimate of drug-likeness (QED) is 0.595. The largest absolute Gasteiger partial charge is 0.507 e. The number of aromatic nitrogens is 1. The lowest BCUT2D eigenvalue weighted by atomic mass is 10.0. The smallest absolute Gasteiger partial charge is 0.261 e. The lowest BCUT2D eigenvalue weighted by molar-refractivity contribution is -0.128. The van der Waals surface area contributed by atoms with Gasteiger partial charge in [-0.3, -0.25) is 9.59 Å². The number of pyridine rings is 1. The van der Waals surface area contributed by atoms with Crippen LogP contribution >= 0.6 is 11.6 Å². The van der Waals surface area contributed by atoms with Crippen LogP contribution in [-0.2, 0) is 4.79 Å². The number of phenolic OH excluding ortho intramolecular Hbond substituents is 1. The van der Waals surface area contributed by atoms with Crippen LogP contribution in [0.25, 0.3) is 11.3 Å². The minimum Gasteiger partial charge on any atom is -0.507 e. The van der Waals surface area contributed by atoms with Crippen LogP contribution in [0.5, 0.6) is 11.5 Å². The maximum Gasteiger partial charge on any atom is 0.261 e. The number of phenols is 1. The molecular weight excluding hydrogens is 513 g/mol.